The molecule has 24 heavy (non-hydrogen) atoms. The van der Waals surface area contributed by atoms with Gasteiger partial charge < -0.3 is 10.0 Å². The van der Waals surface area contributed by atoms with Crippen LogP contribution in [0.3, 0.4) is 0 Å². The van der Waals surface area contributed by atoms with E-state index in [0.29, 0.717) is 10.0 Å². The highest BCUT2D eigenvalue weighted by Gasteiger charge is 2.41. The highest BCUT2D eigenvalue weighted by Crippen LogP contribution is 2.46. The maximum absolute atomic E-state index is 12.8. The minimum atomic E-state index is -1.02. The zero-order valence-electron chi connectivity index (χ0n) is 12.9. The molecule has 124 valence electrons. The number of aliphatic carboxylic acids is 1. The lowest BCUT2D eigenvalue weighted by Crippen LogP contribution is -2.42. The molecule has 1 heterocycles. The van der Waals surface area contributed by atoms with Crippen molar-refractivity contribution in [3.63, 3.8) is 0 Å². The molecule has 2 aromatic carbocycles. The number of halogens is 2. The SMILES string of the molecule is CN1C(=O)C(CC(=O)O)C(c2ccccc2Cl)c2cc(Cl)ccc21. The number of carboxylic acid groups (broad SMARTS) is 1. The van der Waals surface area contributed by atoms with E-state index in [2.05, 4.69) is 0 Å². The molecule has 4 nitrogen and oxygen atoms in total. The fourth-order valence-corrected chi connectivity index (χ4v) is 3.75. The molecular formula is C18H15Cl2NO3. The smallest absolute Gasteiger partial charge is 0.304 e. The summed E-state index contributed by atoms with van der Waals surface area (Å²) < 4.78 is 0. The molecule has 0 bridgehead atoms. The number of carboxylic acids is 1. The number of amides is 1. The van der Waals surface area contributed by atoms with Crippen molar-refractivity contribution in [1.82, 2.24) is 0 Å². The van der Waals surface area contributed by atoms with Crippen LogP contribution in [0, 0.1) is 5.92 Å². The summed E-state index contributed by atoms with van der Waals surface area (Å²) >= 11 is 12.5. The van der Waals surface area contributed by atoms with Crippen LogP contribution in [0.1, 0.15) is 23.5 Å². The van der Waals surface area contributed by atoms with Gasteiger partial charge >= 0.3 is 5.97 Å². The molecule has 2 atom stereocenters. The molecule has 0 saturated heterocycles. The molecular weight excluding hydrogens is 349 g/mol. The summed E-state index contributed by atoms with van der Waals surface area (Å²) in [5, 5.41) is 10.3. The zero-order valence-corrected chi connectivity index (χ0v) is 14.4. The summed E-state index contributed by atoms with van der Waals surface area (Å²) in [6.45, 7) is 0. The average Bonchev–Trinajstić information content (AvgIpc) is 2.53. The quantitative estimate of drug-likeness (QED) is 0.889. The molecule has 0 fully saturated rings. The van der Waals surface area contributed by atoms with E-state index < -0.39 is 17.8 Å². The topological polar surface area (TPSA) is 57.6 Å². The number of anilines is 1. The van der Waals surface area contributed by atoms with Crippen molar-refractivity contribution >= 4 is 40.8 Å². The monoisotopic (exact) mass is 363 g/mol. The van der Waals surface area contributed by atoms with Crippen molar-refractivity contribution in [1.29, 1.82) is 0 Å². The van der Waals surface area contributed by atoms with Gasteiger partial charge in [-0.25, -0.2) is 0 Å². The minimum absolute atomic E-state index is 0.239. The van der Waals surface area contributed by atoms with E-state index in [1.807, 2.05) is 12.1 Å². The standard InChI is InChI=1S/C18H15Cl2NO3/c1-21-15-7-6-10(19)8-12(15)17(11-4-2-3-5-14(11)20)13(18(21)24)9-16(22)23/h2-8,13,17H,9H2,1H3,(H,22,23). The first kappa shape index (κ1) is 16.8. The van der Waals surface area contributed by atoms with Gasteiger partial charge in [-0.15, -0.1) is 0 Å². The Hall–Kier alpha value is -2.04. The predicted molar refractivity (Wildman–Crippen MR) is 93.9 cm³/mol. The van der Waals surface area contributed by atoms with E-state index in [4.69, 9.17) is 23.2 Å². The molecule has 1 N–H and O–H groups in total. The van der Waals surface area contributed by atoms with Crippen molar-refractivity contribution < 1.29 is 14.7 Å². The minimum Gasteiger partial charge on any atom is -0.481 e. The van der Waals surface area contributed by atoms with E-state index in [1.165, 1.54) is 4.90 Å². The maximum atomic E-state index is 12.8. The Morgan fingerprint density at radius 2 is 1.88 bits per heavy atom. The van der Waals surface area contributed by atoms with Crippen LogP contribution >= 0.6 is 23.2 Å². The molecule has 2 unspecified atom stereocenters. The van der Waals surface area contributed by atoms with Crippen LogP contribution < -0.4 is 4.90 Å². The Morgan fingerprint density at radius 1 is 1.17 bits per heavy atom. The first-order valence-corrected chi connectivity index (χ1v) is 8.19. The molecule has 0 aliphatic carbocycles. The van der Waals surface area contributed by atoms with Crippen LogP contribution in [0.2, 0.25) is 10.0 Å². The summed E-state index contributed by atoms with van der Waals surface area (Å²) in [5.41, 5.74) is 2.26. The van der Waals surface area contributed by atoms with Gasteiger partial charge in [0.1, 0.15) is 0 Å². The number of hydrogen-bond acceptors (Lipinski definition) is 2. The average molecular weight is 364 g/mol. The second-order valence-electron chi connectivity index (χ2n) is 5.80. The van der Waals surface area contributed by atoms with Crippen LogP contribution in [0.5, 0.6) is 0 Å². The van der Waals surface area contributed by atoms with Gasteiger partial charge in [0.15, 0.2) is 0 Å². The number of hydrogen-bond donors (Lipinski definition) is 1. The molecule has 3 rings (SSSR count). The number of carbonyl (C=O) groups excluding carboxylic acids is 1. The molecule has 2 aromatic rings. The van der Waals surface area contributed by atoms with Crippen LogP contribution in [0.25, 0.3) is 0 Å². The lowest BCUT2D eigenvalue weighted by Gasteiger charge is -2.38. The van der Waals surface area contributed by atoms with Crippen LogP contribution in [-0.2, 0) is 9.59 Å². The lowest BCUT2D eigenvalue weighted by atomic mass is 9.75. The normalized spacial score (nSPS) is 20.0. The van der Waals surface area contributed by atoms with E-state index in [0.717, 1.165) is 16.8 Å². The highest BCUT2D eigenvalue weighted by atomic mass is 35.5. The first-order chi connectivity index (χ1) is 11.4. The Bertz CT molecular complexity index is 822. The zero-order chi connectivity index (χ0) is 17.4. The Labute approximate surface area is 149 Å². The van der Waals surface area contributed by atoms with E-state index in [-0.39, 0.29) is 12.3 Å². The third kappa shape index (κ3) is 2.87. The summed E-state index contributed by atoms with van der Waals surface area (Å²) in [6.07, 6.45) is -0.273. The van der Waals surface area contributed by atoms with Crippen LogP contribution in [0.15, 0.2) is 42.5 Å². The first-order valence-electron chi connectivity index (χ1n) is 7.43. The number of fused-ring (bicyclic) bond motifs is 1. The molecule has 1 aliphatic rings. The van der Waals surface area contributed by atoms with Gasteiger partial charge in [0.25, 0.3) is 0 Å². The Balaban J connectivity index is 2.25. The maximum Gasteiger partial charge on any atom is 0.304 e. The second kappa shape index (κ2) is 6.46. The van der Waals surface area contributed by atoms with Crippen LogP contribution in [0.4, 0.5) is 5.69 Å². The molecule has 0 radical (unpaired) electrons. The summed E-state index contributed by atoms with van der Waals surface area (Å²) in [7, 11) is 1.65. The van der Waals surface area contributed by atoms with Crippen LogP contribution in [-0.4, -0.2) is 24.0 Å². The van der Waals surface area contributed by atoms with Gasteiger partial charge in [-0.2, -0.15) is 0 Å². The molecule has 1 aliphatic heterocycles. The molecule has 6 heteroatoms. The van der Waals surface area contributed by atoms with Crippen molar-refractivity contribution in [2.24, 2.45) is 5.92 Å². The summed E-state index contributed by atoms with van der Waals surface area (Å²) in [4.78, 5) is 25.6. The predicted octanol–water partition coefficient (Wildman–Crippen LogP) is 4.19. The summed E-state index contributed by atoms with van der Waals surface area (Å²) in [5.74, 6) is -2.45. The summed E-state index contributed by atoms with van der Waals surface area (Å²) in [6, 6.07) is 12.5. The number of nitrogens with zero attached hydrogens (tertiary/aromatic N) is 1. The number of carbonyl (C=O) groups is 2. The fraction of sp³-hybridized carbons (Fsp3) is 0.222. The lowest BCUT2D eigenvalue weighted by molar-refractivity contribution is -0.141. The van der Waals surface area contributed by atoms with E-state index >= 15 is 0 Å². The van der Waals surface area contributed by atoms with Crippen molar-refractivity contribution in [2.45, 2.75) is 12.3 Å². The van der Waals surface area contributed by atoms with Gasteiger partial charge in [-0.05, 0) is 35.4 Å². The molecule has 0 spiro atoms. The van der Waals surface area contributed by atoms with Crippen molar-refractivity contribution in [2.75, 3.05) is 11.9 Å². The molecule has 1 amide bonds. The van der Waals surface area contributed by atoms with E-state index in [1.54, 1.807) is 37.4 Å². The molecule has 0 saturated carbocycles. The van der Waals surface area contributed by atoms with E-state index in [9.17, 15) is 14.7 Å². The number of rotatable bonds is 3. The third-order valence-corrected chi connectivity index (χ3v) is 4.95. The van der Waals surface area contributed by atoms with Gasteiger partial charge in [0, 0.05) is 28.7 Å². The fourth-order valence-electron chi connectivity index (χ4n) is 3.31. The molecule has 0 aromatic heterocycles. The van der Waals surface area contributed by atoms with Gasteiger partial charge in [-0.3, -0.25) is 9.59 Å². The second-order valence-corrected chi connectivity index (χ2v) is 6.65. The highest BCUT2D eigenvalue weighted by molar-refractivity contribution is 6.32. The van der Waals surface area contributed by atoms with Crippen molar-refractivity contribution in [3.8, 4) is 0 Å². The van der Waals surface area contributed by atoms with Crippen molar-refractivity contribution in [3.05, 3.63) is 63.6 Å². The van der Waals surface area contributed by atoms with Gasteiger partial charge in [0.2, 0.25) is 5.91 Å². The largest absolute Gasteiger partial charge is 0.481 e. The van der Waals surface area contributed by atoms with Gasteiger partial charge in [-0.1, -0.05) is 41.4 Å². The van der Waals surface area contributed by atoms with Gasteiger partial charge in [0.05, 0.1) is 12.3 Å². The Morgan fingerprint density at radius 3 is 2.54 bits per heavy atom. The third-order valence-electron chi connectivity index (χ3n) is 4.37. The Kier molecular flexibility index (Phi) is 4.52. The number of benzene rings is 2.